The van der Waals surface area contributed by atoms with Crippen LogP contribution in [-0.4, -0.2) is 28.4 Å². The lowest BCUT2D eigenvalue weighted by atomic mass is 10.2. The van der Waals surface area contributed by atoms with Gasteiger partial charge in [-0.15, -0.1) is 0 Å². The topological polar surface area (TPSA) is 72.0 Å². The Kier molecular flexibility index (Phi) is 5.88. The van der Waals surface area contributed by atoms with Crippen molar-refractivity contribution in [2.45, 2.75) is 59.3 Å². The van der Waals surface area contributed by atoms with Gasteiger partial charge in [0.05, 0.1) is 24.1 Å². The first-order valence-electron chi connectivity index (χ1n) is 9.73. The second-order valence-electron chi connectivity index (χ2n) is 9.15. The molecule has 3 rings (SSSR count). The number of pyridine rings is 1. The summed E-state index contributed by atoms with van der Waals surface area (Å²) in [6, 6.07) is 5.93. The lowest BCUT2D eigenvalue weighted by Crippen LogP contribution is -2.36. The van der Waals surface area contributed by atoms with Crippen LogP contribution in [0.3, 0.4) is 0 Å². The summed E-state index contributed by atoms with van der Waals surface area (Å²) in [5.41, 5.74) is -0.630. The Bertz CT molecular complexity index is 1030. The van der Waals surface area contributed by atoms with Gasteiger partial charge < -0.3 is 9.47 Å². The number of hydrogen-bond acceptors (Lipinski definition) is 5. The van der Waals surface area contributed by atoms with E-state index in [0.717, 1.165) is 6.20 Å². The average molecular weight is 450 g/mol. The van der Waals surface area contributed by atoms with Crippen molar-refractivity contribution in [1.82, 2.24) is 4.98 Å². The maximum Gasteiger partial charge on any atom is 0.420 e. The average Bonchev–Trinajstić information content (AvgIpc) is 2.72. The van der Waals surface area contributed by atoms with Crippen molar-refractivity contribution < 1.29 is 23.5 Å². The first kappa shape index (κ1) is 22.8. The van der Waals surface area contributed by atoms with E-state index in [9.17, 15) is 14.0 Å². The second kappa shape index (κ2) is 8.00. The molecule has 0 N–H and O–H groups in total. The zero-order valence-electron chi connectivity index (χ0n) is 18.3. The number of amides is 2. The second-order valence-corrected chi connectivity index (χ2v) is 9.59. The van der Waals surface area contributed by atoms with Gasteiger partial charge in [0.15, 0.2) is 0 Å². The summed E-state index contributed by atoms with van der Waals surface area (Å²) in [7, 11) is 0. The zero-order chi connectivity index (χ0) is 23.1. The number of carbonyl (C=O) groups excluding carboxylic acids is 2. The van der Waals surface area contributed by atoms with Crippen molar-refractivity contribution >= 4 is 41.0 Å². The third-order valence-corrected chi connectivity index (χ3v) is 4.34. The van der Waals surface area contributed by atoms with E-state index in [1.807, 2.05) is 0 Å². The Labute approximate surface area is 185 Å². The van der Waals surface area contributed by atoms with Crippen LogP contribution in [-0.2, 0) is 16.0 Å². The fourth-order valence-electron chi connectivity index (χ4n) is 3.04. The highest BCUT2D eigenvalue weighted by atomic mass is 35.5. The predicted octanol–water partition coefficient (Wildman–Crippen LogP) is 6.20. The first-order chi connectivity index (χ1) is 14.2. The number of rotatable bonds is 0. The van der Waals surface area contributed by atoms with Gasteiger partial charge in [-0.3, -0.25) is 4.90 Å². The number of anilines is 3. The lowest BCUT2D eigenvalue weighted by molar-refractivity contribution is 0.0571. The summed E-state index contributed by atoms with van der Waals surface area (Å²) in [5.74, 6) is -0.443. The molecule has 2 amide bonds. The SMILES string of the molecule is CC(C)(C)OC(=O)N1Cc2cc(F)cnc2N(C(=O)OC(C)(C)C)c2ccc(Cl)cc21. The molecule has 0 radical (unpaired) electrons. The van der Waals surface area contributed by atoms with Crippen LogP contribution in [0.2, 0.25) is 5.02 Å². The van der Waals surface area contributed by atoms with Crippen molar-refractivity contribution in [2.75, 3.05) is 9.80 Å². The smallest absolute Gasteiger partial charge is 0.420 e. The third kappa shape index (κ3) is 5.25. The van der Waals surface area contributed by atoms with Crippen LogP contribution in [0.15, 0.2) is 30.5 Å². The normalized spacial score (nSPS) is 13.8. The minimum Gasteiger partial charge on any atom is -0.443 e. The Hall–Kier alpha value is -2.87. The van der Waals surface area contributed by atoms with Crippen molar-refractivity contribution in [2.24, 2.45) is 0 Å². The third-order valence-electron chi connectivity index (χ3n) is 4.11. The molecular formula is C22H25ClFN3O4. The summed E-state index contributed by atoms with van der Waals surface area (Å²) in [4.78, 5) is 32.9. The van der Waals surface area contributed by atoms with E-state index in [-0.39, 0.29) is 12.4 Å². The van der Waals surface area contributed by atoms with Crippen LogP contribution < -0.4 is 9.80 Å². The Morgan fingerprint density at radius 1 is 1.00 bits per heavy atom. The molecule has 0 unspecified atom stereocenters. The Balaban J connectivity index is 2.23. The van der Waals surface area contributed by atoms with Gasteiger partial charge in [0.2, 0.25) is 0 Å². The van der Waals surface area contributed by atoms with Crippen LogP contribution >= 0.6 is 11.6 Å². The molecule has 0 spiro atoms. The minimum atomic E-state index is -0.791. The molecule has 0 saturated heterocycles. The van der Waals surface area contributed by atoms with E-state index >= 15 is 0 Å². The van der Waals surface area contributed by atoms with Crippen molar-refractivity contribution in [3.05, 3.63) is 46.9 Å². The van der Waals surface area contributed by atoms with E-state index in [4.69, 9.17) is 21.1 Å². The van der Waals surface area contributed by atoms with Gasteiger partial charge in [-0.05, 0) is 65.8 Å². The van der Waals surface area contributed by atoms with Gasteiger partial charge in [0.1, 0.15) is 22.8 Å². The van der Waals surface area contributed by atoms with Gasteiger partial charge in [0, 0.05) is 10.6 Å². The van der Waals surface area contributed by atoms with Crippen LogP contribution in [0.1, 0.15) is 47.1 Å². The Morgan fingerprint density at radius 2 is 1.61 bits per heavy atom. The monoisotopic (exact) mass is 449 g/mol. The fraction of sp³-hybridized carbons (Fsp3) is 0.409. The van der Waals surface area contributed by atoms with Crippen molar-refractivity contribution in [3.63, 3.8) is 0 Å². The molecular weight excluding hydrogens is 425 g/mol. The number of halogens is 2. The summed E-state index contributed by atoms with van der Waals surface area (Å²) in [6.07, 6.45) is -0.380. The van der Waals surface area contributed by atoms with Gasteiger partial charge in [-0.25, -0.2) is 23.9 Å². The number of fused-ring (bicyclic) bond motifs is 2. The summed E-state index contributed by atoms with van der Waals surface area (Å²) in [5, 5.41) is 0.349. The summed E-state index contributed by atoms with van der Waals surface area (Å²) < 4.78 is 25.2. The number of carbonyl (C=O) groups is 2. The van der Waals surface area contributed by atoms with Gasteiger partial charge in [-0.2, -0.15) is 0 Å². The lowest BCUT2D eigenvalue weighted by Gasteiger charge is -2.29. The molecule has 31 heavy (non-hydrogen) atoms. The van der Waals surface area contributed by atoms with E-state index in [1.54, 1.807) is 59.7 Å². The largest absolute Gasteiger partial charge is 0.443 e. The number of ether oxygens (including phenoxy) is 2. The number of hydrogen-bond donors (Lipinski definition) is 0. The van der Waals surface area contributed by atoms with Crippen LogP contribution in [0.4, 0.5) is 31.2 Å². The van der Waals surface area contributed by atoms with Gasteiger partial charge in [0.25, 0.3) is 0 Å². The van der Waals surface area contributed by atoms with Crippen LogP contribution in [0.5, 0.6) is 0 Å². The molecule has 2 aromatic rings. The fourth-order valence-corrected chi connectivity index (χ4v) is 3.20. The molecule has 9 heteroatoms. The highest BCUT2D eigenvalue weighted by Crippen LogP contribution is 2.42. The molecule has 0 saturated carbocycles. The molecule has 0 bridgehead atoms. The molecule has 0 aliphatic carbocycles. The van der Waals surface area contributed by atoms with E-state index in [0.29, 0.717) is 22.0 Å². The molecule has 2 heterocycles. The quantitative estimate of drug-likeness (QED) is 0.478. The highest BCUT2D eigenvalue weighted by molar-refractivity contribution is 6.31. The standard InChI is InChI=1S/C22H25ClFN3O4/c1-21(2,3)30-19(28)26-12-13-9-15(24)11-25-18(13)27(20(29)31-22(4,5)6)16-8-7-14(23)10-17(16)26/h7-11H,12H2,1-6H3. The van der Waals surface area contributed by atoms with E-state index in [2.05, 4.69) is 4.98 Å². The molecule has 0 fully saturated rings. The maximum atomic E-state index is 14.1. The summed E-state index contributed by atoms with van der Waals surface area (Å²) >= 11 is 6.21. The molecule has 1 aliphatic heterocycles. The van der Waals surface area contributed by atoms with E-state index in [1.165, 1.54) is 15.9 Å². The van der Waals surface area contributed by atoms with Crippen molar-refractivity contribution in [1.29, 1.82) is 0 Å². The van der Waals surface area contributed by atoms with E-state index < -0.39 is 29.2 Å². The molecule has 0 atom stereocenters. The predicted molar refractivity (Wildman–Crippen MR) is 116 cm³/mol. The molecule has 1 aromatic carbocycles. The molecule has 7 nitrogen and oxygen atoms in total. The molecule has 1 aliphatic rings. The number of benzene rings is 1. The minimum absolute atomic E-state index is 0.0817. The van der Waals surface area contributed by atoms with Gasteiger partial charge >= 0.3 is 12.2 Å². The highest BCUT2D eigenvalue weighted by Gasteiger charge is 2.36. The zero-order valence-corrected chi connectivity index (χ0v) is 19.1. The number of aromatic nitrogens is 1. The van der Waals surface area contributed by atoms with Crippen LogP contribution in [0, 0.1) is 5.82 Å². The van der Waals surface area contributed by atoms with Crippen LogP contribution in [0.25, 0.3) is 0 Å². The first-order valence-corrected chi connectivity index (χ1v) is 10.1. The summed E-state index contributed by atoms with van der Waals surface area (Å²) in [6.45, 7) is 10.3. The van der Waals surface area contributed by atoms with Crippen molar-refractivity contribution in [3.8, 4) is 0 Å². The molecule has 166 valence electrons. The molecule has 1 aromatic heterocycles. The number of nitrogens with zero attached hydrogens (tertiary/aromatic N) is 3. The maximum absolute atomic E-state index is 14.1. The van der Waals surface area contributed by atoms with Gasteiger partial charge in [-0.1, -0.05) is 11.6 Å². The Morgan fingerprint density at radius 3 is 2.23 bits per heavy atom.